The Hall–Kier alpha value is -2.18. The van der Waals surface area contributed by atoms with Crippen LogP contribution in [-0.4, -0.2) is 24.7 Å². The van der Waals surface area contributed by atoms with E-state index in [0.29, 0.717) is 6.42 Å². The summed E-state index contributed by atoms with van der Waals surface area (Å²) in [5.74, 6) is -0.624. The first-order valence-electron chi connectivity index (χ1n) is 8.40. The van der Waals surface area contributed by atoms with Crippen molar-refractivity contribution in [3.8, 4) is 0 Å². The summed E-state index contributed by atoms with van der Waals surface area (Å²) in [5, 5.41) is 0. The first-order chi connectivity index (χ1) is 11.9. The average molecular weight is 358 g/mol. The molecule has 1 aliphatic rings. The monoisotopic (exact) mass is 358 g/mol. The number of benzene rings is 2. The van der Waals surface area contributed by atoms with Gasteiger partial charge in [0.05, 0.1) is 4.90 Å². The molecule has 0 saturated heterocycles. The van der Waals surface area contributed by atoms with Gasteiger partial charge >= 0.3 is 0 Å². The molecule has 0 fully saturated rings. The van der Waals surface area contributed by atoms with Gasteiger partial charge in [0.2, 0.25) is 15.9 Å². The number of carbonyl (C=O) groups is 1. The Morgan fingerprint density at radius 1 is 1.12 bits per heavy atom. The zero-order valence-electron chi connectivity index (χ0n) is 14.2. The number of hydrogen-bond donors (Lipinski definition) is 1. The summed E-state index contributed by atoms with van der Waals surface area (Å²) >= 11 is 0. The number of aryl methyl sites for hydroxylation is 1. The maximum absolute atomic E-state index is 13.1. The Morgan fingerprint density at radius 3 is 2.36 bits per heavy atom. The van der Waals surface area contributed by atoms with Gasteiger partial charge < -0.3 is 5.73 Å². The maximum atomic E-state index is 13.1. The van der Waals surface area contributed by atoms with Crippen molar-refractivity contribution in [3.05, 3.63) is 65.2 Å². The van der Waals surface area contributed by atoms with Gasteiger partial charge in [-0.1, -0.05) is 49.7 Å². The lowest BCUT2D eigenvalue weighted by molar-refractivity contribution is -0.122. The molecule has 1 amide bonds. The van der Waals surface area contributed by atoms with E-state index < -0.39 is 22.0 Å². The molecular weight excluding hydrogens is 336 g/mol. The predicted octanol–water partition coefficient (Wildman–Crippen LogP) is 2.24. The lowest BCUT2D eigenvalue weighted by Crippen LogP contribution is -2.50. The van der Waals surface area contributed by atoms with E-state index in [2.05, 4.69) is 6.92 Å². The molecule has 0 spiro atoms. The Kier molecular flexibility index (Phi) is 4.92. The molecule has 2 aromatic rings. The topological polar surface area (TPSA) is 80.5 Å². The third-order valence-corrected chi connectivity index (χ3v) is 6.47. The molecule has 3 rings (SSSR count). The van der Waals surface area contributed by atoms with Crippen molar-refractivity contribution in [1.82, 2.24) is 4.31 Å². The van der Waals surface area contributed by atoms with E-state index in [9.17, 15) is 13.2 Å². The molecule has 0 bridgehead atoms. The van der Waals surface area contributed by atoms with Crippen LogP contribution in [0.3, 0.4) is 0 Å². The highest BCUT2D eigenvalue weighted by atomic mass is 32.2. The van der Waals surface area contributed by atoms with Gasteiger partial charge in [0.25, 0.3) is 0 Å². The minimum atomic E-state index is -3.80. The summed E-state index contributed by atoms with van der Waals surface area (Å²) < 4.78 is 27.4. The SMILES string of the molecule is CCCc1ccc(S(=O)(=O)N2Cc3ccccc3CC2C(N)=O)cc1. The number of amides is 1. The molecule has 1 heterocycles. The number of rotatable bonds is 5. The summed E-state index contributed by atoms with van der Waals surface area (Å²) in [6.45, 7) is 2.23. The van der Waals surface area contributed by atoms with Crippen molar-refractivity contribution in [2.45, 2.75) is 43.7 Å². The van der Waals surface area contributed by atoms with Crippen LogP contribution in [0.4, 0.5) is 0 Å². The molecule has 0 saturated carbocycles. The Morgan fingerprint density at radius 2 is 1.76 bits per heavy atom. The zero-order valence-corrected chi connectivity index (χ0v) is 15.0. The molecule has 0 radical (unpaired) electrons. The zero-order chi connectivity index (χ0) is 18.0. The third kappa shape index (κ3) is 3.45. The lowest BCUT2D eigenvalue weighted by atomic mass is 9.96. The van der Waals surface area contributed by atoms with Crippen LogP contribution in [0.2, 0.25) is 0 Å². The van der Waals surface area contributed by atoms with Crippen LogP contribution in [0.1, 0.15) is 30.0 Å². The van der Waals surface area contributed by atoms with Crippen molar-refractivity contribution in [2.75, 3.05) is 0 Å². The Balaban J connectivity index is 1.98. The molecule has 6 heteroatoms. The van der Waals surface area contributed by atoms with E-state index >= 15 is 0 Å². The summed E-state index contributed by atoms with van der Waals surface area (Å²) in [6.07, 6.45) is 2.21. The second kappa shape index (κ2) is 6.98. The minimum absolute atomic E-state index is 0.156. The van der Waals surface area contributed by atoms with Gasteiger partial charge in [-0.15, -0.1) is 0 Å². The van der Waals surface area contributed by atoms with Crippen molar-refractivity contribution in [2.24, 2.45) is 5.73 Å². The van der Waals surface area contributed by atoms with Crippen molar-refractivity contribution in [3.63, 3.8) is 0 Å². The quantitative estimate of drug-likeness (QED) is 0.890. The van der Waals surface area contributed by atoms with Crippen molar-refractivity contribution in [1.29, 1.82) is 0 Å². The highest BCUT2D eigenvalue weighted by molar-refractivity contribution is 7.89. The van der Waals surface area contributed by atoms with Gasteiger partial charge in [0.15, 0.2) is 0 Å². The number of fused-ring (bicyclic) bond motifs is 1. The number of primary amides is 1. The second-order valence-electron chi connectivity index (χ2n) is 6.34. The summed E-state index contributed by atoms with van der Waals surface area (Å²) in [7, 11) is -3.80. The summed E-state index contributed by atoms with van der Waals surface area (Å²) in [6, 6.07) is 13.6. The van der Waals surface area contributed by atoms with Gasteiger partial charge in [-0.05, 0) is 41.7 Å². The molecule has 5 nitrogen and oxygen atoms in total. The molecule has 2 N–H and O–H groups in total. The van der Waals surface area contributed by atoms with E-state index in [4.69, 9.17) is 5.73 Å². The Bertz CT molecular complexity index is 876. The van der Waals surface area contributed by atoms with Gasteiger partial charge in [0.1, 0.15) is 6.04 Å². The fourth-order valence-corrected chi connectivity index (χ4v) is 4.82. The fourth-order valence-electron chi connectivity index (χ4n) is 3.25. The van der Waals surface area contributed by atoms with E-state index in [0.717, 1.165) is 29.5 Å². The molecule has 132 valence electrons. The summed E-state index contributed by atoms with van der Waals surface area (Å²) in [5.41, 5.74) is 8.48. The Labute approximate surface area is 148 Å². The smallest absolute Gasteiger partial charge is 0.244 e. The lowest BCUT2D eigenvalue weighted by Gasteiger charge is -2.34. The van der Waals surface area contributed by atoms with Gasteiger partial charge in [-0.2, -0.15) is 4.31 Å². The van der Waals surface area contributed by atoms with Crippen molar-refractivity contribution >= 4 is 15.9 Å². The first-order valence-corrected chi connectivity index (χ1v) is 9.84. The van der Waals surface area contributed by atoms with Gasteiger partial charge in [-0.3, -0.25) is 4.79 Å². The number of nitrogens with zero attached hydrogens (tertiary/aromatic N) is 1. The van der Waals surface area contributed by atoms with Crippen LogP contribution in [0.15, 0.2) is 53.4 Å². The molecule has 1 atom stereocenters. The molecular formula is C19H22N2O3S. The number of sulfonamides is 1. The van der Waals surface area contributed by atoms with E-state index in [-0.39, 0.29) is 11.4 Å². The minimum Gasteiger partial charge on any atom is -0.368 e. The van der Waals surface area contributed by atoms with Crippen LogP contribution in [0.5, 0.6) is 0 Å². The van der Waals surface area contributed by atoms with Crippen LogP contribution in [-0.2, 0) is 34.2 Å². The largest absolute Gasteiger partial charge is 0.368 e. The molecule has 2 aromatic carbocycles. The first kappa shape index (κ1) is 17.6. The maximum Gasteiger partial charge on any atom is 0.244 e. The molecule has 0 aromatic heterocycles. The van der Waals surface area contributed by atoms with E-state index in [1.165, 1.54) is 4.31 Å². The van der Waals surface area contributed by atoms with Gasteiger partial charge in [-0.25, -0.2) is 8.42 Å². The molecule has 25 heavy (non-hydrogen) atoms. The predicted molar refractivity (Wildman–Crippen MR) is 96.3 cm³/mol. The van der Waals surface area contributed by atoms with Crippen molar-refractivity contribution < 1.29 is 13.2 Å². The van der Waals surface area contributed by atoms with E-state index in [1.807, 2.05) is 36.4 Å². The number of hydrogen-bond acceptors (Lipinski definition) is 3. The highest BCUT2D eigenvalue weighted by Gasteiger charge is 2.38. The molecule has 1 unspecified atom stereocenters. The average Bonchev–Trinajstić information content (AvgIpc) is 2.61. The summed E-state index contributed by atoms with van der Waals surface area (Å²) in [4.78, 5) is 12.1. The van der Waals surface area contributed by atoms with Crippen LogP contribution < -0.4 is 5.73 Å². The number of nitrogens with two attached hydrogens (primary N) is 1. The number of carbonyl (C=O) groups excluding carboxylic acids is 1. The third-order valence-electron chi connectivity index (χ3n) is 4.60. The molecule has 1 aliphatic heterocycles. The standard InChI is InChI=1S/C19H22N2O3S/c1-2-5-14-8-10-17(11-9-14)25(23,24)21-13-16-7-4-3-6-15(16)12-18(21)19(20)22/h3-4,6-11,18H,2,5,12-13H2,1H3,(H2,20,22). The van der Waals surface area contributed by atoms with Crippen LogP contribution >= 0.6 is 0 Å². The molecule has 0 aliphatic carbocycles. The van der Waals surface area contributed by atoms with Gasteiger partial charge in [0, 0.05) is 6.54 Å². The normalized spacial score (nSPS) is 17.9. The highest BCUT2D eigenvalue weighted by Crippen LogP contribution is 2.29. The van der Waals surface area contributed by atoms with E-state index in [1.54, 1.807) is 12.1 Å². The fraction of sp³-hybridized carbons (Fsp3) is 0.316. The van der Waals surface area contributed by atoms with Crippen LogP contribution in [0, 0.1) is 0 Å². The van der Waals surface area contributed by atoms with Crippen LogP contribution in [0.25, 0.3) is 0 Å². The second-order valence-corrected chi connectivity index (χ2v) is 8.23.